The van der Waals surface area contributed by atoms with Crippen LogP contribution in [0.3, 0.4) is 0 Å². The number of hydrogen-bond acceptors (Lipinski definition) is 4. The molecule has 0 bridgehead atoms. The number of fused-ring (bicyclic) bond motifs is 2. The molecule has 5 aromatic rings. The summed E-state index contributed by atoms with van der Waals surface area (Å²) in [6.07, 6.45) is -1.02. The summed E-state index contributed by atoms with van der Waals surface area (Å²) in [6.45, 7) is 0. The molecular weight excluding hydrogens is 432 g/mol. The van der Waals surface area contributed by atoms with Crippen LogP contribution in [0.1, 0.15) is 11.3 Å². The summed E-state index contributed by atoms with van der Waals surface area (Å²) in [5.74, 6) is -1.03. The first-order valence-corrected chi connectivity index (χ1v) is 9.83. The maximum atomic E-state index is 14.7. The number of carbonyl (C=O) groups is 1. The zero-order chi connectivity index (χ0) is 23.1. The highest BCUT2D eigenvalue weighted by molar-refractivity contribution is 5.88. The Bertz CT molecular complexity index is 1610. The maximum Gasteiger partial charge on any atom is 0.411 e. The second kappa shape index (κ2) is 7.83. The zero-order valence-electron chi connectivity index (χ0n) is 16.8. The van der Waals surface area contributed by atoms with Gasteiger partial charge in [-0.2, -0.15) is 5.10 Å². The SMILES string of the molecule is O=C(O)Nc1nc2cc(-c3cc(Cc4n[nH]c(=O)c5c(F)cccc45)ccc3F)ccc2[nH]1. The van der Waals surface area contributed by atoms with E-state index in [0.717, 1.165) is 0 Å². The second-order valence-corrected chi connectivity index (χ2v) is 7.40. The van der Waals surface area contributed by atoms with Crippen LogP contribution in [-0.2, 0) is 6.42 Å². The van der Waals surface area contributed by atoms with Crippen LogP contribution in [-0.4, -0.2) is 31.4 Å². The van der Waals surface area contributed by atoms with Gasteiger partial charge in [0.25, 0.3) is 5.56 Å². The third-order valence-corrected chi connectivity index (χ3v) is 5.27. The molecule has 0 saturated carbocycles. The van der Waals surface area contributed by atoms with Gasteiger partial charge in [0.15, 0.2) is 0 Å². The molecule has 33 heavy (non-hydrogen) atoms. The van der Waals surface area contributed by atoms with E-state index >= 15 is 0 Å². The molecule has 0 aliphatic carbocycles. The molecule has 2 aromatic heterocycles. The van der Waals surface area contributed by atoms with Crippen molar-refractivity contribution in [3.63, 3.8) is 0 Å². The number of nitrogens with zero attached hydrogens (tertiary/aromatic N) is 2. The predicted molar refractivity (Wildman–Crippen MR) is 118 cm³/mol. The third kappa shape index (κ3) is 3.78. The predicted octanol–water partition coefficient (Wildman–Crippen LogP) is 4.43. The van der Waals surface area contributed by atoms with Crippen LogP contribution < -0.4 is 10.9 Å². The van der Waals surface area contributed by atoms with Crippen molar-refractivity contribution in [1.82, 2.24) is 20.2 Å². The molecule has 0 aliphatic rings. The average Bonchev–Trinajstić information content (AvgIpc) is 3.17. The Labute approximate surface area is 183 Å². The molecule has 3 aromatic carbocycles. The largest absolute Gasteiger partial charge is 0.465 e. The zero-order valence-corrected chi connectivity index (χ0v) is 16.8. The minimum Gasteiger partial charge on any atom is -0.465 e. The Kier molecular flexibility index (Phi) is 4.82. The van der Waals surface area contributed by atoms with Crippen LogP contribution in [0.25, 0.3) is 32.9 Å². The van der Waals surface area contributed by atoms with Crippen LogP contribution >= 0.6 is 0 Å². The summed E-state index contributed by atoms with van der Waals surface area (Å²) in [5.41, 5.74) is 2.44. The summed E-state index contributed by atoms with van der Waals surface area (Å²) < 4.78 is 28.9. The second-order valence-electron chi connectivity index (χ2n) is 7.40. The normalized spacial score (nSPS) is 11.2. The number of nitrogens with one attached hydrogen (secondary N) is 3. The fourth-order valence-electron chi connectivity index (χ4n) is 3.80. The van der Waals surface area contributed by atoms with Crippen molar-refractivity contribution >= 4 is 33.8 Å². The average molecular weight is 447 g/mol. The molecule has 2 heterocycles. The van der Waals surface area contributed by atoms with E-state index in [1.807, 2.05) is 0 Å². The van der Waals surface area contributed by atoms with Crippen molar-refractivity contribution < 1.29 is 18.7 Å². The van der Waals surface area contributed by atoms with Crippen LogP contribution in [0.2, 0.25) is 0 Å². The highest BCUT2D eigenvalue weighted by atomic mass is 19.1. The fourth-order valence-corrected chi connectivity index (χ4v) is 3.80. The van der Waals surface area contributed by atoms with E-state index in [1.165, 1.54) is 18.2 Å². The van der Waals surface area contributed by atoms with Crippen LogP contribution in [0.4, 0.5) is 19.5 Å². The highest BCUT2D eigenvalue weighted by Gasteiger charge is 2.14. The number of carboxylic acid groups (broad SMARTS) is 1. The summed E-state index contributed by atoms with van der Waals surface area (Å²) in [6, 6.07) is 13.9. The van der Waals surface area contributed by atoms with Gasteiger partial charge >= 0.3 is 6.09 Å². The van der Waals surface area contributed by atoms with Gasteiger partial charge in [0.2, 0.25) is 5.95 Å². The molecule has 0 saturated heterocycles. The van der Waals surface area contributed by atoms with Gasteiger partial charge in [0, 0.05) is 17.4 Å². The van der Waals surface area contributed by atoms with Gasteiger partial charge in [-0.05, 0) is 41.5 Å². The fraction of sp³-hybridized carbons (Fsp3) is 0.0435. The van der Waals surface area contributed by atoms with Crippen molar-refractivity contribution in [1.29, 1.82) is 0 Å². The number of amides is 1. The van der Waals surface area contributed by atoms with Gasteiger partial charge < -0.3 is 10.1 Å². The Morgan fingerprint density at radius 2 is 1.91 bits per heavy atom. The molecule has 8 nitrogen and oxygen atoms in total. The molecule has 5 rings (SSSR count). The lowest BCUT2D eigenvalue weighted by molar-refractivity contribution is 0.209. The molecular formula is C23H15F2N5O3. The van der Waals surface area contributed by atoms with Gasteiger partial charge in [-0.1, -0.05) is 24.3 Å². The number of aromatic amines is 2. The molecule has 0 radical (unpaired) electrons. The van der Waals surface area contributed by atoms with E-state index in [-0.39, 0.29) is 17.8 Å². The number of benzene rings is 3. The quantitative estimate of drug-likeness (QED) is 0.325. The minimum absolute atomic E-state index is 0.0622. The van der Waals surface area contributed by atoms with Gasteiger partial charge in [-0.3, -0.25) is 10.1 Å². The van der Waals surface area contributed by atoms with Crippen molar-refractivity contribution in [2.24, 2.45) is 0 Å². The smallest absolute Gasteiger partial charge is 0.411 e. The molecule has 4 N–H and O–H groups in total. The summed E-state index contributed by atoms with van der Waals surface area (Å²) in [4.78, 5) is 29.8. The van der Waals surface area contributed by atoms with E-state index in [2.05, 4.69) is 25.5 Å². The highest BCUT2D eigenvalue weighted by Crippen LogP contribution is 2.29. The monoisotopic (exact) mass is 447 g/mol. The van der Waals surface area contributed by atoms with Gasteiger partial charge in [0.05, 0.1) is 22.1 Å². The summed E-state index contributed by atoms with van der Waals surface area (Å²) in [7, 11) is 0. The number of rotatable bonds is 4. The molecule has 0 unspecified atom stereocenters. The minimum atomic E-state index is -1.25. The number of H-pyrrole nitrogens is 2. The lowest BCUT2D eigenvalue weighted by Gasteiger charge is -2.09. The third-order valence-electron chi connectivity index (χ3n) is 5.27. The molecule has 0 spiro atoms. The molecule has 10 heteroatoms. The lowest BCUT2D eigenvalue weighted by Crippen LogP contribution is -2.12. The van der Waals surface area contributed by atoms with Crippen LogP contribution in [0.5, 0.6) is 0 Å². The molecule has 1 amide bonds. The molecule has 164 valence electrons. The number of imidazole rings is 1. The number of aromatic nitrogens is 4. The lowest BCUT2D eigenvalue weighted by atomic mass is 9.98. The topological polar surface area (TPSA) is 124 Å². The maximum absolute atomic E-state index is 14.7. The number of hydrogen-bond donors (Lipinski definition) is 4. The van der Waals surface area contributed by atoms with Crippen LogP contribution in [0.15, 0.2) is 59.4 Å². The Balaban J connectivity index is 1.54. The standard InChI is InChI=1S/C23H15F2N5O3/c24-15-6-4-11(9-18-13-2-1-3-16(25)20(13)21(31)30-29-18)8-14(15)12-5-7-17-19(10-12)27-22(26-17)28-23(32)33/h1-8,10H,9H2,(H,30,31)(H,32,33)(H2,26,27,28). The van der Waals surface area contributed by atoms with E-state index in [0.29, 0.717) is 38.8 Å². The van der Waals surface area contributed by atoms with E-state index < -0.39 is 23.3 Å². The summed E-state index contributed by atoms with van der Waals surface area (Å²) in [5, 5.41) is 17.7. The van der Waals surface area contributed by atoms with E-state index in [4.69, 9.17) is 5.11 Å². The van der Waals surface area contributed by atoms with Crippen molar-refractivity contribution in [3.8, 4) is 11.1 Å². The molecule has 0 fully saturated rings. The van der Waals surface area contributed by atoms with E-state index in [1.54, 1.807) is 36.4 Å². The van der Waals surface area contributed by atoms with Crippen molar-refractivity contribution in [2.45, 2.75) is 6.42 Å². The first-order valence-electron chi connectivity index (χ1n) is 9.83. The van der Waals surface area contributed by atoms with Gasteiger partial charge in [0.1, 0.15) is 11.6 Å². The number of anilines is 1. The van der Waals surface area contributed by atoms with Gasteiger partial charge in [-0.25, -0.2) is 23.7 Å². The van der Waals surface area contributed by atoms with Crippen molar-refractivity contribution in [2.75, 3.05) is 5.32 Å². The molecule has 0 aliphatic heterocycles. The van der Waals surface area contributed by atoms with Crippen molar-refractivity contribution in [3.05, 3.63) is 87.8 Å². The Morgan fingerprint density at radius 1 is 1.06 bits per heavy atom. The van der Waals surface area contributed by atoms with Crippen LogP contribution in [0, 0.1) is 11.6 Å². The Morgan fingerprint density at radius 3 is 2.73 bits per heavy atom. The molecule has 0 atom stereocenters. The Hall–Kier alpha value is -4.60. The summed E-state index contributed by atoms with van der Waals surface area (Å²) >= 11 is 0. The van der Waals surface area contributed by atoms with E-state index in [9.17, 15) is 18.4 Å². The van der Waals surface area contributed by atoms with Gasteiger partial charge in [-0.15, -0.1) is 0 Å². The first kappa shape index (κ1) is 20.3. The first-order chi connectivity index (χ1) is 15.9. The number of halogens is 2.